The Balaban J connectivity index is 1.51. The Morgan fingerprint density at radius 3 is 1.53 bits per heavy atom. The first-order valence-corrected chi connectivity index (χ1v) is 20.6. The van der Waals surface area contributed by atoms with E-state index in [-0.39, 0.29) is 27.4 Å². The molecule has 6 rings (SSSR count). The lowest BCUT2D eigenvalue weighted by atomic mass is 9.98. The SMILES string of the molecule is CNS(=O)(=O)c1ccc(C(C)=NNc2nc(Nc3ccccc3)nc(NN=C(C)c3ccc(S(=O)(=O)NC)cc3)c2-c2cc(-c3ccccc3)ccc2OC)cc1. The van der Waals surface area contributed by atoms with Crippen molar-refractivity contribution in [3.8, 4) is 28.0 Å². The number of nitrogens with zero attached hydrogens (tertiary/aromatic N) is 4. The van der Waals surface area contributed by atoms with Gasteiger partial charge in [0, 0.05) is 11.3 Å². The predicted octanol–water partition coefficient (Wildman–Crippen LogP) is 7.05. The number of anilines is 4. The molecular formula is C41H41N9O5S2. The van der Waals surface area contributed by atoms with Gasteiger partial charge in [-0.05, 0) is 98.7 Å². The average Bonchev–Trinajstić information content (AvgIpc) is 3.25. The third-order valence-electron chi connectivity index (χ3n) is 8.88. The predicted molar refractivity (Wildman–Crippen MR) is 226 cm³/mol. The quantitative estimate of drug-likeness (QED) is 0.0532. The van der Waals surface area contributed by atoms with Gasteiger partial charge in [-0.25, -0.2) is 26.3 Å². The number of para-hydroxylation sites is 1. The first-order valence-electron chi connectivity index (χ1n) is 17.6. The van der Waals surface area contributed by atoms with Crippen LogP contribution in [0.5, 0.6) is 5.75 Å². The Bertz CT molecular complexity index is 2520. The van der Waals surface area contributed by atoms with Gasteiger partial charge in [-0.15, -0.1) is 0 Å². The number of hydrazone groups is 2. The molecule has 1 aromatic heterocycles. The molecule has 5 aromatic carbocycles. The largest absolute Gasteiger partial charge is 0.496 e. The molecule has 0 saturated heterocycles. The minimum atomic E-state index is -3.62. The highest BCUT2D eigenvalue weighted by Crippen LogP contribution is 2.42. The second-order valence-electron chi connectivity index (χ2n) is 12.5. The summed E-state index contributed by atoms with van der Waals surface area (Å²) in [6, 6.07) is 37.8. The van der Waals surface area contributed by atoms with E-state index in [9.17, 15) is 16.8 Å². The highest BCUT2D eigenvalue weighted by atomic mass is 32.2. The normalized spacial score (nSPS) is 12.2. The zero-order valence-corrected chi connectivity index (χ0v) is 33.4. The number of methoxy groups -OCH3 is 1. The topological polar surface area (TPSA) is 188 Å². The molecule has 0 atom stereocenters. The molecule has 14 nitrogen and oxygen atoms in total. The molecule has 0 saturated carbocycles. The fourth-order valence-corrected chi connectivity index (χ4v) is 7.15. The maximum absolute atomic E-state index is 12.3. The van der Waals surface area contributed by atoms with Crippen LogP contribution in [0.3, 0.4) is 0 Å². The summed E-state index contributed by atoms with van der Waals surface area (Å²) in [5, 5.41) is 12.6. The van der Waals surface area contributed by atoms with Crippen molar-refractivity contribution < 1.29 is 21.6 Å². The van der Waals surface area contributed by atoms with E-state index in [1.54, 1.807) is 45.2 Å². The average molecular weight is 804 g/mol. The molecule has 5 N–H and O–H groups in total. The van der Waals surface area contributed by atoms with Crippen LogP contribution in [0.25, 0.3) is 22.3 Å². The number of hydrogen-bond donors (Lipinski definition) is 5. The van der Waals surface area contributed by atoms with Crippen molar-refractivity contribution >= 4 is 54.7 Å². The summed E-state index contributed by atoms with van der Waals surface area (Å²) in [6.45, 7) is 3.57. The van der Waals surface area contributed by atoms with Gasteiger partial charge in [-0.3, -0.25) is 10.9 Å². The molecule has 1 heterocycles. The summed E-state index contributed by atoms with van der Waals surface area (Å²) in [5.41, 5.74) is 12.4. The number of benzene rings is 5. The molecule has 0 bridgehead atoms. The van der Waals surface area contributed by atoms with Crippen molar-refractivity contribution in [1.29, 1.82) is 0 Å². The Hall–Kier alpha value is -6.46. The van der Waals surface area contributed by atoms with Crippen molar-refractivity contribution in [3.05, 3.63) is 139 Å². The summed E-state index contributed by atoms with van der Waals surface area (Å²) in [6.07, 6.45) is 0. The molecule has 0 aliphatic rings. The summed E-state index contributed by atoms with van der Waals surface area (Å²) in [5.74, 6) is 1.32. The van der Waals surface area contributed by atoms with Gasteiger partial charge >= 0.3 is 0 Å². The lowest BCUT2D eigenvalue weighted by molar-refractivity contribution is 0.416. The number of ether oxygens (including phenoxy) is 1. The van der Waals surface area contributed by atoms with Crippen LogP contribution in [0.2, 0.25) is 0 Å². The Morgan fingerprint density at radius 2 is 1.07 bits per heavy atom. The van der Waals surface area contributed by atoms with Gasteiger partial charge < -0.3 is 10.1 Å². The van der Waals surface area contributed by atoms with Crippen molar-refractivity contribution in [2.24, 2.45) is 10.2 Å². The van der Waals surface area contributed by atoms with Gasteiger partial charge in [0.05, 0.1) is 33.9 Å². The highest BCUT2D eigenvalue weighted by Gasteiger charge is 2.22. The second kappa shape index (κ2) is 17.6. The van der Waals surface area contributed by atoms with Crippen molar-refractivity contribution in [2.45, 2.75) is 23.6 Å². The molecule has 0 radical (unpaired) electrons. The Morgan fingerprint density at radius 1 is 0.596 bits per heavy atom. The van der Waals surface area contributed by atoms with Gasteiger partial charge in [0.1, 0.15) is 5.75 Å². The first kappa shape index (κ1) is 40.2. The minimum absolute atomic E-state index is 0.125. The van der Waals surface area contributed by atoms with Crippen molar-refractivity contribution in [3.63, 3.8) is 0 Å². The van der Waals surface area contributed by atoms with Gasteiger partial charge in [0.15, 0.2) is 11.6 Å². The summed E-state index contributed by atoms with van der Waals surface area (Å²) >= 11 is 0. The van der Waals surface area contributed by atoms with E-state index >= 15 is 0 Å². The van der Waals surface area contributed by atoms with E-state index < -0.39 is 20.0 Å². The Labute approximate surface area is 332 Å². The first-order chi connectivity index (χ1) is 27.4. The molecule has 0 aliphatic carbocycles. The number of nitrogens with one attached hydrogen (secondary N) is 5. The second-order valence-corrected chi connectivity index (χ2v) is 16.2. The molecule has 0 unspecified atom stereocenters. The molecule has 16 heteroatoms. The minimum Gasteiger partial charge on any atom is -0.496 e. The molecule has 0 aliphatic heterocycles. The van der Waals surface area contributed by atoms with E-state index in [0.717, 1.165) is 16.8 Å². The molecular weight excluding hydrogens is 763 g/mol. The van der Waals surface area contributed by atoms with Crippen molar-refractivity contribution in [1.82, 2.24) is 19.4 Å². The molecule has 0 fully saturated rings. The fraction of sp³-hybridized carbons (Fsp3) is 0.122. The third-order valence-corrected chi connectivity index (χ3v) is 11.7. The van der Waals surface area contributed by atoms with Crippen LogP contribution in [-0.4, -0.2) is 59.4 Å². The Kier molecular flexibility index (Phi) is 12.4. The molecule has 57 heavy (non-hydrogen) atoms. The van der Waals surface area contributed by atoms with E-state index in [4.69, 9.17) is 24.9 Å². The number of aromatic nitrogens is 2. The molecule has 0 amide bonds. The number of rotatable bonds is 15. The summed E-state index contributed by atoms with van der Waals surface area (Å²) < 4.78 is 59.9. The standard InChI is InChI=1S/C41H41N9O5S2/c1-27(29-16-21-34(22-17-29)56(51,52)42-3)47-49-39-38(36-26-32(20-25-37(36)55-5)31-12-8-6-9-13-31)40(46-41(45-39)44-33-14-10-7-11-15-33)50-48-28(2)30-18-23-35(24-19-30)57(53,54)43-4/h6-26,42-43H,1-5H3,(H3,44,45,46,49,50). The van der Waals surface area contributed by atoms with Crippen LogP contribution in [0.4, 0.5) is 23.3 Å². The highest BCUT2D eigenvalue weighted by molar-refractivity contribution is 7.89. The smallest absolute Gasteiger partial charge is 0.240 e. The van der Waals surface area contributed by atoms with Crippen LogP contribution in [-0.2, 0) is 20.0 Å². The van der Waals surface area contributed by atoms with Crippen LogP contribution >= 0.6 is 0 Å². The van der Waals surface area contributed by atoms with E-state index in [0.29, 0.717) is 39.4 Å². The molecule has 6 aromatic rings. The lowest BCUT2D eigenvalue weighted by Crippen LogP contribution is -2.18. The zero-order chi connectivity index (χ0) is 40.6. The van der Waals surface area contributed by atoms with Crippen molar-refractivity contribution in [2.75, 3.05) is 37.4 Å². The fourth-order valence-electron chi connectivity index (χ4n) is 5.69. The van der Waals surface area contributed by atoms with Gasteiger partial charge in [0.2, 0.25) is 26.0 Å². The zero-order valence-electron chi connectivity index (χ0n) is 31.8. The van der Waals surface area contributed by atoms with Crippen LogP contribution in [0, 0.1) is 0 Å². The summed E-state index contributed by atoms with van der Waals surface area (Å²) in [7, 11) is -2.95. The third kappa shape index (κ3) is 9.50. The monoisotopic (exact) mass is 803 g/mol. The van der Waals surface area contributed by atoms with Gasteiger partial charge in [0.25, 0.3) is 0 Å². The van der Waals surface area contributed by atoms with E-state index in [1.807, 2.05) is 78.9 Å². The van der Waals surface area contributed by atoms with Crippen LogP contribution in [0.15, 0.2) is 147 Å². The maximum atomic E-state index is 12.3. The van der Waals surface area contributed by atoms with Gasteiger partial charge in [-0.1, -0.05) is 78.9 Å². The summed E-state index contributed by atoms with van der Waals surface area (Å²) in [4.78, 5) is 10.0. The molecule has 0 spiro atoms. The molecule has 292 valence electrons. The lowest BCUT2D eigenvalue weighted by Gasteiger charge is -2.19. The van der Waals surface area contributed by atoms with Crippen LogP contribution in [0.1, 0.15) is 25.0 Å². The maximum Gasteiger partial charge on any atom is 0.240 e. The van der Waals surface area contributed by atoms with E-state index in [2.05, 4.69) is 25.6 Å². The van der Waals surface area contributed by atoms with Crippen LogP contribution < -0.4 is 30.3 Å². The van der Waals surface area contributed by atoms with E-state index in [1.165, 1.54) is 38.4 Å². The number of hydrogen-bond acceptors (Lipinski definition) is 12. The number of sulfonamides is 2. The van der Waals surface area contributed by atoms with Gasteiger partial charge in [-0.2, -0.15) is 20.2 Å².